The van der Waals surface area contributed by atoms with Crippen molar-refractivity contribution in [3.8, 4) is 5.69 Å². The Kier molecular flexibility index (Phi) is 4.94. The maximum Gasteiger partial charge on any atom is 0.238 e. The van der Waals surface area contributed by atoms with Gasteiger partial charge in [-0.3, -0.25) is 9.36 Å². The molecule has 2 heterocycles. The monoisotopic (exact) mass is 356 g/mol. The van der Waals surface area contributed by atoms with Crippen molar-refractivity contribution in [1.29, 1.82) is 0 Å². The lowest BCUT2D eigenvalue weighted by Crippen LogP contribution is -2.23. The Morgan fingerprint density at radius 1 is 1.28 bits per heavy atom. The van der Waals surface area contributed by atoms with Crippen LogP contribution in [0.25, 0.3) is 5.69 Å². The number of thioether (sulfide) groups is 1. The number of rotatable bonds is 5. The van der Waals surface area contributed by atoms with Crippen molar-refractivity contribution in [2.24, 2.45) is 0 Å². The highest BCUT2D eigenvalue weighted by atomic mass is 32.2. The zero-order valence-electron chi connectivity index (χ0n) is 14.6. The quantitative estimate of drug-likeness (QED) is 0.702. The van der Waals surface area contributed by atoms with Gasteiger partial charge in [-0.15, -0.1) is 0 Å². The first-order valence-corrected chi connectivity index (χ1v) is 8.84. The third-order valence-electron chi connectivity index (χ3n) is 3.75. The summed E-state index contributed by atoms with van der Waals surface area (Å²) < 4.78 is 6.97. The van der Waals surface area contributed by atoms with E-state index in [0.29, 0.717) is 11.6 Å². The maximum absolute atomic E-state index is 12.4. The third-order valence-corrected chi connectivity index (χ3v) is 4.83. The summed E-state index contributed by atoms with van der Waals surface area (Å²) in [6.07, 6.45) is 3.65. The molecule has 6 nitrogen and oxygen atoms in total. The molecule has 0 bridgehead atoms. The summed E-state index contributed by atoms with van der Waals surface area (Å²) in [7, 11) is 0. The van der Waals surface area contributed by atoms with Crippen molar-refractivity contribution in [2.75, 3.05) is 5.32 Å². The fourth-order valence-corrected chi connectivity index (χ4v) is 3.38. The number of nitrogens with one attached hydrogen (secondary N) is 1. The Hall–Kier alpha value is -2.54. The van der Waals surface area contributed by atoms with Crippen molar-refractivity contribution in [3.63, 3.8) is 0 Å². The van der Waals surface area contributed by atoms with Gasteiger partial charge in [-0.2, -0.15) is 0 Å². The summed E-state index contributed by atoms with van der Waals surface area (Å²) in [5, 5.41) is 6.97. The minimum absolute atomic E-state index is 0.145. The van der Waals surface area contributed by atoms with Gasteiger partial charge in [0.25, 0.3) is 0 Å². The van der Waals surface area contributed by atoms with Gasteiger partial charge >= 0.3 is 0 Å². The van der Waals surface area contributed by atoms with E-state index in [4.69, 9.17) is 4.52 Å². The van der Waals surface area contributed by atoms with Crippen LogP contribution in [0.3, 0.4) is 0 Å². The second kappa shape index (κ2) is 7.14. The van der Waals surface area contributed by atoms with Crippen LogP contribution in [0.2, 0.25) is 0 Å². The molecule has 0 radical (unpaired) electrons. The first-order chi connectivity index (χ1) is 11.9. The third kappa shape index (κ3) is 3.93. The number of amides is 1. The lowest BCUT2D eigenvalue weighted by atomic mass is 10.1. The molecule has 0 aliphatic carbocycles. The van der Waals surface area contributed by atoms with Gasteiger partial charge in [0.05, 0.1) is 10.9 Å². The molecular weight excluding hydrogens is 336 g/mol. The zero-order chi connectivity index (χ0) is 18.0. The zero-order valence-corrected chi connectivity index (χ0v) is 15.4. The number of aromatic nitrogens is 3. The summed E-state index contributed by atoms with van der Waals surface area (Å²) in [6.45, 7) is 7.76. The van der Waals surface area contributed by atoms with E-state index in [1.54, 1.807) is 19.2 Å². The van der Waals surface area contributed by atoms with Crippen LogP contribution in [0.5, 0.6) is 0 Å². The van der Waals surface area contributed by atoms with Crippen LogP contribution < -0.4 is 5.32 Å². The fraction of sp³-hybridized carbons (Fsp3) is 0.278. The number of carbonyl (C=O) groups is 1. The Morgan fingerprint density at radius 3 is 2.76 bits per heavy atom. The molecule has 1 aromatic carbocycles. The predicted molar refractivity (Wildman–Crippen MR) is 98.2 cm³/mol. The van der Waals surface area contributed by atoms with Crippen LogP contribution in [0.15, 0.2) is 46.3 Å². The van der Waals surface area contributed by atoms with Crippen LogP contribution >= 0.6 is 11.8 Å². The number of hydrogen-bond acceptors (Lipinski definition) is 5. The molecule has 2 aromatic heterocycles. The van der Waals surface area contributed by atoms with Gasteiger partial charge in [-0.1, -0.05) is 34.6 Å². The van der Waals surface area contributed by atoms with E-state index in [9.17, 15) is 4.79 Å². The molecule has 1 N–H and O–H groups in total. The Balaban J connectivity index is 1.75. The van der Waals surface area contributed by atoms with Gasteiger partial charge < -0.3 is 9.84 Å². The number of benzene rings is 1. The van der Waals surface area contributed by atoms with Crippen LogP contribution in [0, 0.1) is 20.8 Å². The summed E-state index contributed by atoms with van der Waals surface area (Å²) in [5.41, 5.74) is 3.44. The van der Waals surface area contributed by atoms with Crippen LogP contribution in [-0.2, 0) is 4.79 Å². The van der Waals surface area contributed by atoms with Gasteiger partial charge in [-0.25, -0.2) is 4.98 Å². The van der Waals surface area contributed by atoms with Gasteiger partial charge in [0.2, 0.25) is 5.91 Å². The first-order valence-electron chi connectivity index (χ1n) is 7.96. The molecule has 1 unspecified atom stereocenters. The van der Waals surface area contributed by atoms with Gasteiger partial charge in [0.15, 0.2) is 11.0 Å². The molecule has 25 heavy (non-hydrogen) atoms. The highest BCUT2D eigenvalue weighted by molar-refractivity contribution is 8.00. The molecule has 1 amide bonds. The van der Waals surface area contributed by atoms with E-state index in [1.165, 1.54) is 17.3 Å². The number of imidazole rings is 1. The van der Waals surface area contributed by atoms with Crippen molar-refractivity contribution < 1.29 is 9.32 Å². The smallest absolute Gasteiger partial charge is 0.238 e. The Morgan fingerprint density at radius 2 is 2.08 bits per heavy atom. The van der Waals surface area contributed by atoms with Crippen molar-refractivity contribution >= 4 is 23.5 Å². The van der Waals surface area contributed by atoms with Crippen LogP contribution in [0.1, 0.15) is 23.8 Å². The highest BCUT2D eigenvalue weighted by Crippen LogP contribution is 2.27. The molecule has 0 fully saturated rings. The van der Waals surface area contributed by atoms with Gasteiger partial charge in [0.1, 0.15) is 5.76 Å². The Bertz CT molecular complexity index is 900. The number of anilines is 1. The summed E-state index contributed by atoms with van der Waals surface area (Å²) >= 11 is 1.40. The SMILES string of the molecule is Cc1ccc(-n2ccnc2SC(C)C(=O)Nc2cc(C)on2)c(C)c1. The minimum Gasteiger partial charge on any atom is -0.360 e. The molecule has 0 saturated carbocycles. The van der Waals surface area contributed by atoms with E-state index in [2.05, 4.69) is 47.5 Å². The topological polar surface area (TPSA) is 73.0 Å². The lowest BCUT2D eigenvalue weighted by molar-refractivity contribution is -0.115. The minimum atomic E-state index is -0.330. The number of nitrogens with zero attached hydrogens (tertiary/aromatic N) is 3. The van der Waals surface area contributed by atoms with E-state index in [-0.39, 0.29) is 11.2 Å². The molecule has 0 aliphatic rings. The molecule has 1 atom stereocenters. The van der Waals surface area contributed by atoms with E-state index in [0.717, 1.165) is 16.4 Å². The summed E-state index contributed by atoms with van der Waals surface area (Å²) in [5.74, 6) is 0.933. The van der Waals surface area contributed by atoms with E-state index >= 15 is 0 Å². The predicted octanol–water partition coefficient (Wildman–Crippen LogP) is 3.90. The second-order valence-electron chi connectivity index (χ2n) is 5.94. The molecule has 3 aromatic rings. The molecule has 0 spiro atoms. The van der Waals surface area contributed by atoms with Gasteiger partial charge in [-0.05, 0) is 39.3 Å². The maximum atomic E-state index is 12.4. The average Bonchev–Trinajstić information content (AvgIpc) is 3.16. The number of aryl methyl sites for hydroxylation is 3. The average molecular weight is 356 g/mol. The second-order valence-corrected chi connectivity index (χ2v) is 7.25. The molecule has 7 heteroatoms. The lowest BCUT2D eigenvalue weighted by Gasteiger charge is -2.14. The van der Waals surface area contributed by atoms with E-state index < -0.39 is 0 Å². The Labute approximate surface area is 150 Å². The van der Waals surface area contributed by atoms with Gasteiger partial charge in [0, 0.05) is 18.5 Å². The van der Waals surface area contributed by atoms with E-state index in [1.807, 2.05) is 17.7 Å². The fourth-order valence-electron chi connectivity index (χ4n) is 2.50. The van der Waals surface area contributed by atoms with Crippen LogP contribution in [-0.4, -0.2) is 25.9 Å². The van der Waals surface area contributed by atoms with Crippen LogP contribution in [0.4, 0.5) is 5.82 Å². The number of hydrogen-bond donors (Lipinski definition) is 1. The molecule has 3 rings (SSSR count). The summed E-state index contributed by atoms with van der Waals surface area (Å²) in [6, 6.07) is 7.96. The molecule has 130 valence electrons. The first kappa shape index (κ1) is 17.3. The van der Waals surface area contributed by atoms with Crippen molar-refractivity contribution in [1.82, 2.24) is 14.7 Å². The van der Waals surface area contributed by atoms with Crippen molar-refractivity contribution in [3.05, 3.63) is 53.5 Å². The molecular formula is C18H20N4O2S. The van der Waals surface area contributed by atoms with Crippen molar-refractivity contribution in [2.45, 2.75) is 38.1 Å². The number of carbonyl (C=O) groups excluding carboxylic acids is 1. The largest absolute Gasteiger partial charge is 0.360 e. The standard InChI is InChI=1S/C18H20N4O2S/c1-11-5-6-15(12(2)9-11)22-8-7-19-18(22)25-14(4)17(23)20-16-10-13(3)24-21-16/h5-10,14H,1-4H3,(H,20,21,23). The summed E-state index contributed by atoms with van der Waals surface area (Å²) in [4.78, 5) is 16.8. The highest BCUT2D eigenvalue weighted by Gasteiger charge is 2.19. The molecule has 0 aliphatic heterocycles. The molecule has 0 saturated heterocycles. The normalized spacial score (nSPS) is 12.2.